The fourth-order valence-electron chi connectivity index (χ4n) is 4.97. The molecule has 0 radical (unpaired) electrons. The standard InChI is InChI=1S/C16H32N2O8.C8H17NO3.CH5N.CH4O/c1-16(23)4-11(21)15(25-7-16)26-14-10(18-8(5-19)6-20)3-9(17)13(24-2)12(14)22;10-3-2-9-6-8-5-7(11)1-4-12-8;2*1-2/h8-15,18-23H,3-7,17H2,1-2H3;7-11H,1-6H2;2H2,1H3;2H,1H3/t9?,10?,11?,12?,13-,14+,15?,16-;;;/m1.../s1. The summed E-state index contributed by atoms with van der Waals surface area (Å²) >= 11 is 0. The van der Waals surface area contributed by atoms with Crippen LogP contribution >= 0.6 is 0 Å². The molecule has 2 aliphatic heterocycles. The molecule has 3 rings (SSSR count). The summed E-state index contributed by atoms with van der Waals surface area (Å²) in [6.07, 6.45) is -2.97. The summed E-state index contributed by atoms with van der Waals surface area (Å²) in [6, 6.07) is -1.60. The van der Waals surface area contributed by atoms with E-state index in [1.165, 1.54) is 14.2 Å². The molecule has 16 nitrogen and oxygen atoms in total. The fourth-order valence-corrected chi connectivity index (χ4v) is 4.97. The number of ether oxygens (including phenoxy) is 4. The Kier molecular flexibility index (Phi) is 22.5. The van der Waals surface area contributed by atoms with Gasteiger partial charge in [0.1, 0.15) is 24.4 Å². The van der Waals surface area contributed by atoms with Crippen LogP contribution in [-0.4, -0.2) is 175 Å². The third-order valence-corrected chi connectivity index (χ3v) is 6.99. The van der Waals surface area contributed by atoms with Gasteiger partial charge in [0.05, 0.1) is 50.3 Å². The second-order valence-electron chi connectivity index (χ2n) is 10.6. The Morgan fingerprint density at radius 1 is 1.02 bits per heavy atom. The molecule has 254 valence electrons. The van der Waals surface area contributed by atoms with E-state index in [9.17, 15) is 30.6 Å². The van der Waals surface area contributed by atoms with Crippen molar-refractivity contribution in [2.75, 3.05) is 67.4 Å². The lowest BCUT2D eigenvalue weighted by Crippen LogP contribution is -2.66. The zero-order chi connectivity index (χ0) is 32.3. The van der Waals surface area contributed by atoms with Gasteiger partial charge in [0.15, 0.2) is 6.29 Å². The van der Waals surface area contributed by atoms with Gasteiger partial charge in [-0.05, 0) is 26.8 Å². The quantitative estimate of drug-likeness (QED) is 0.0965. The minimum atomic E-state index is -1.15. The first kappa shape index (κ1) is 41.4. The maximum absolute atomic E-state index is 10.7. The van der Waals surface area contributed by atoms with Crippen molar-refractivity contribution in [2.45, 2.75) is 99.2 Å². The predicted molar refractivity (Wildman–Crippen MR) is 153 cm³/mol. The van der Waals surface area contributed by atoms with Gasteiger partial charge in [-0.15, -0.1) is 0 Å². The van der Waals surface area contributed by atoms with Crippen molar-refractivity contribution in [2.24, 2.45) is 11.5 Å². The monoisotopic (exact) mass is 618 g/mol. The largest absolute Gasteiger partial charge is 0.400 e. The Morgan fingerprint density at radius 3 is 2.19 bits per heavy atom. The van der Waals surface area contributed by atoms with E-state index < -0.39 is 54.4 Å². The molecular formula is C26H58N4O12. The number of aliphatic hydroxyl groups is 8. The van der Waals surface area contributed by atoms with Gasteiger partial charge in [-0.3, -0.25) is 0 Å². The number of hydrogen-bond acceptors (Lipinski definition) is 16. The molecule has 0 amide bonds. The van der Waals surface area contributed by atoms with E-state index in [4.69, 9.17) is 34.9 Å². The van der Waals surface area contributed by atoms with Crippen LogP contribution in [0.3, 0.4) is 0 Å². The van der Waals surface area contributed by atoms with Gasteiger partial charge in [0.2, 0.25) is 0 Å². The number of hydrogen-bond donors (Lipinski definition) is 12. The maximum atomic E-state index is 10.7. The van der Waals surface area contributed by atoms with E-state index in [1.54, 1.807) is 6.92 Å². The molecule has 1 saturated carbocycles. The van der Waals surface area contributed by atoms with E-state index >= 15 is 0 Å². The Morgan fingerprint density at radius 2 is 1.67 bits per heavy atom. The van der Waals surface area contributed by atoms with E-state index in [0.29, 0.717) is 26.0 Å². The zero-order valence-corrected chi connectivity index (χ0v) is 25.4. The topological polar surface area (TPSA) is 275 Å². The molecule has 0 spiro atoms. The number of aliphatic hydroxyl groups excluding tert-OH is 7. The van der Waals surface area contributed by atoms with E-state index in [-0.39, 0.29) is 45.1 Å². The van der Waals surface area contributed by atoms with Crippen molar-refractivity contribution < 1.29 is 59.8 Å². The summed E-state index contributed by atoms with van der Waals surface area (Å²) in [5, 5.41) is 80.3. The molecule has 7 unspecified atom stereocenters. The van der Waals surface area contributed by atoms with Crippen molar-refractivity contribution >= 4 is 0 Å². The van der Waals surface area contributed by atoms with Crippen LogP contribution < -0.4 is 22.1 Å². The second-order valence-corrected chi connectivity index (χ2v) is 10.6. The molecule has 0 aromatic carbocycles. The normalized spacial score (nSPS) is 36.5. The number of methoxy groups -OCH3 is 1. The zero-order valence-electron chi connectivity index (χ0n) is 25.4. The molecule has 42 heavy (non-hydrogen) atoms. The van der Waals surface area contributed by atoms with Gasteiger partial charge < -0.3 is 81.9 Å². The van der Waals surface area contributed by atoms with E-state index in [0.717, 1.165) is 20.1 Å². The minimum Gasteiger partial charge on any atom is -0.400 e. The maximum Gasteiger partial charge on any atom is 0.184 e. The first-order valence-corrected chi connectivity index (χ1v) is 14.3. The van der Waals surface area contributed by atoms with Gasteiger partial charge in [0, 0.05) is 58.8 Å². The molecule has 2 heterocycles. The minimum absolute atomic E-state index is 0.0151. The van der Waals surface area contributed by atoms with Crippen LogP contribution in [0.25, 0.3) is 0 Å². The van der Waals surface area contributed by atoms with Crippen molar-refractivity contribution in [3.05, 3.63) is 0 Å². The van der Waals surface area contributed by atoms with Crippen molar-refractivity contribution in [1.82, 2.24) is 10.6 Å². The molecule has 0 aromatic heterocycles. The number of nitrogens with one attached hydrogen (secondary N) is 2. The Labute approximate surface area is 248 Å². The van der Waals surface area contributed by atoms with Crippen LogP contribution in [0.1, 0.15) is 32.6 Å². The molecule has 3 aliphatic rings. The predicted octanol–water partition coefficient (Wildman–Crippen LogP) is -5.06. The van der Waals surface area contributed by atoms with Gasteiger partial charge in [-0.2, -0.15) is 0 Å². The first-order valence-electron chi connectivity index (χ1n) is 14.3. The van der Waals surface area contributed by atoms with Gasteiger partial charge in [-0.25, -0.2) is 0 Å². The van der Waals surface area contributed by atoms with Crippen LogP contribution in [0.5, 0.6) is 0 Å². The molecule has 3 fully saturated rings. The van der Waals surface area contributed by atoms with Gasteiger partial charge >= 0.3 is 0 Å². The fraction of sp³-hybridized carbons (Fsp3) is 1.00. The molecule has 16 heteroatoms. The highest BCUT2D eigenvalue weighted by molar-refractivity contribution is 5.01. The first-order chi connectivity index (χ1) is 20.0. The highest BCUT2D eigenvalue weighted by atomic mass is 16.7. The summed E-state index contributed by atoms with van der Waals surface area (Å²) in [4.78, 5) is 0. The highest BCUT2D eigenvalue weighted by Gasteiger charge is 2.47. The Hall–Kier alpha value is -0.640. The van der Waals surface area contributed by atoms with Gasteiger partial charge in [-0.1, -0.05) is 0 Å². The smallest absolute Gasteiger partial charge is 0.184 e. The summed E-state index contributed by atoms with van der Waals surface area (Å²) in [5.74, 6) is 0. The van der Waals surface area contributed by atoms with Crippen molar-refractivity contribution in [3.63, 3.8) is 0 Å². The van der Waals surface area contributed by atoms with E-state index in [2.05, 4.69) is 16.4 Å². The highest BCUT2D eigenvalue weighted by Crippen LogP contribution is 2.30. The van der Waals surface area contributed by atoms with Crippen LogP contribution in [0.2, 0.25) is 0 Å². The van der Waals surface area contributed by atoms with Crippen LogP contribution in [-0.2, 0) is 18.9 Å². The lowest BCUT2D eigenvalue weighted by Gasteiger charge is -2.46. The molecule has 0 aromatic rings. The molecule has 2 saturated heterocycles. The SMILES string of the molecule is CN.CO.CO[C@@H]1C(N)CC(NC(CO)CO)[C@H](OC2OC[C@](C)(O)CC2O)C1O.OCCNCC1CC(O)CCO1. The third-order valence-electron chi connectivity index (χ3n) is 6.99. The average molecular weight is 619 g/mol. The molecule has 10 atom stereocenters. The Balaban J connectivity index is 0.000000876. The molecule has 0 bridgehead atoms. The second kappa shape index (κ2) is 22.8. The van der Waals surface area contributed by atoms with Crippen molar-refractivity contribution in [3.8, 4) is 0 Å². The molecule has 1 aliphatic carbocycles. The summed E-state index contributed by atoms with van der Waals surface area (Å²) < 4.78 is 21.9. The lowest BCUT2D eigenvalue weighted by atomic mass is 9.83. The van der Waals surface area contributed by atoms with E-state index in [1.807, 2.05) is 0 Å². The molecular weight excluding hydrogens is 560 g/mol. The number of rotatable bonds is 11. The summed E-state index contributed by atoms with van der Waals surface area (Å²) in [7, 11) is 3.94. The lowest BCUT2D eigenvalue weighted by molar-refractivity contribution is -0.290. The van der Waals surface area contributed by atoms with Crippen LogP contribution in [0, 0.1) is 0 Å². The van der Waals surface area contributed by atoms with Crippen molar-refractivity contribution in [1.29, 1.82) is 0 Å². The average Bonchev–Trinajstić information content (AvgIpc) is 2.97. The summed E-state index contributed by atoms with van der Waals surface area (Å²) in [6.45, 7) is 3.04. The molecule has 14 N–H and O–H groups in total. The van der Waals surface area contributed by atoms with Crippen LogP contribution in [0.15, 0.2) is 0 Å². The summed E-state index contributed by atoms with van der Waals surface area (Å²) in [5.41, 5.74) is 9.41. The third kappa shape index (κ3) is 14.4. The van der Waals surface area contributed by atoms with Gasteiger partial charge in [0.25, 0.3) is 0 Å². The number of nitrogens with two attached hydrogens (primary N) is 2. The Bertz CT molecular complexity index is 652. The van der Waals surface area contributed by atoms with Crippen LogP contribution in [0.4, 0.5) is 0 Å².